The highest BCUT2D eigenvalue weighted by molar-refractivity contribution is 5.83. The first-order valence-corrected chi connectivity index (χ1v) is 8.55. The molecule has 0 bridgehead atoms. The Labute approximate surface area is 137 Å². The molecule has 0 amide bonds. The van der Waals surface area contributed by atoms with Crippen LogP contribution in [0, 0.1) is 0 Å². The molecule has 4 heteroatoms. The second-order valence-electron chi connectivity index (χ2n) is 8.34. The molecule has 2 atom stereocenters. The third-order valence-electron chi connectivity index (χ3n) is 3.98. The van der Waals surface area contributed by atoms with Crippen molar-refractivity contribution in [3.8, 4) is 0 Å². The summed E-state index contributed by atoms with van der Waals surface area (Å²) in [5.41, 5.74) is 2.54. The average molecular weight is 309 g/mol. The standard InChI is InChI=1S/C18H36N4/c1-13-9-17(5,6)20-12-15(3)21-14(2)10-18(7,8)22-16(4)11-19-13/h15-16,20,22H,9-12H2,1-8H3. The van der Waals surface area contributed by atoms with Crippen LogP contribution < -0.4 is 10.6 Å². The lowest BCUT2D eigenvalue weighted by molar-refractivity contribution is 0.353. The molecule has 1 aliphatic heterocycles. The van der Waals surface area contributed by atoms with Crippen molar-refractivity contribution in [1.82, 2.24) is 10.6 Å². The summed E-state index contributed by atoms with van der Waals surface area (Å²) in [6, 6.07) is 0.668. The van der Waals surface area contributed by atoms with Crippen molar-refractivity contribution in [3.63, 3.8) is 0 Å². The van der Waals surface area contributed by atoms with Crippen molar-refractivity contribution in [2.75, 3.05) is 13.1 Å². The van der Waals surface area contributed by atoms with Crippen LogP contribution in [0.5, 0.6) is 0 Å². The van der Waals surface area contributed by atoms with E-state index in [0.717, 1.165) is 25.9 Å². The molecule has 1 heterocycles. The van der Waals surface area contributed by atoms with Gasteiger partial charge < -0.3 is 10.6 Å². The molecule has 0 spiro atoms. The molecule has 0 saturated heterocycles. The van der Waals surface area contributed by atoms with Gasteiger partial charge in [0.15, 0.2) is 0 Å². The Kier molecular flexibility index (Phi) is 6.75. The van der Waals surface area contributed by atoms with E-state index in [-0.39, 0.29) is 11.1 Å². The highest BCUT2D eigenvalue weighted by Gasteiger charge is 2.23. The molecule has 0 aromatic rings. The topological polar surface area (TPSA) is 48.8 Å². The smallest absolute Gasteiger partial charge is 0.0595 e. The summed E-state index contributed by atoms with van der Waals surface area (Å²) in [5.74, 6) is 0. The molecule has 0 aromatic heterocycles. The van der Waals surface area contributed by atoms with E-state index in [1.165, 1.54) is 11.4 Å². The fraction of sp³-hybridized carbons (Fsp3) is 0.889. The predicted molar refractivity (Wildman–Crippen MR) is 98.5 cm³/mol. The lowest BCUT2D eigenvalue weighted by Crippen LogP contribution is -2.48. The molecule has 0 aromatic carbocycles. The first-order chi connectivity index (χ1) is 9.99. The molecule has 128 valence electrons. The quantitative estimate of drug-likeness (QED) is 0.722. The van der Waals surface area contributed by atoms with Gasteiger partial charge in [-0.15, -0.1) is 0 Å². The molecule has 22 heavy (non-hydrogen) atoms. The molecule has 4 nitrogen and oxygen atoms in total. The lowest BCUT2D eigenvalue weighted by Gasteiger charge is -2.31. The van der Waals surface area contributed by atoms with Gasteiger partial charge in [-0.25, -0.2) is 0 Å². The summed E-state index contributed by atoms with van der Waals surface area (Å²) in [7, 11) is 0. The van der Waals surface area contributed by atoms with Crippen LogP contribution in [-0.4, -0.2) is 47.7 Å². The molecule has 1 aliphatic rings. The minimum absolute atomic E-state index is 0.0486. The third kappa shape index (κ3) is 7.50. The van der Waals surface area contributed by atoms with Crippen molar-refractivity contribution < 1.29 is 0 Å². The average Bonchev–Trinajstić information content (AvgIpc) is 2.31. The fourth-order valence-corrected chi connectivity index (χ4v) is 3.35. The van der Waals surface area contributed by atoms with Crippen molar-refractivity contribution >= 4 is 11.4 Å². The van der Waals surface area contributed by atoms with Gasteiger partial charge in [0.25, 0.3) is 0 Å². The maximum absolute atomic E-state index is 4.85. The summed E-state index contributed by atoms with van der Waals surface area (Å²) < 4.78 is 0. The largest absolute Gasteiger partial charge is 0.309 e. The second-order valence-corrected chi connectivity index (χ2v) is 8.34. The normalized spacial score (nSPS) is 30.9. The molecule has 0 saturated carbocycles. The van der Waals surface area contributed by atoms with Gasteiger partial charge in [0.1, 0.15) is 0 Å². The van der Waals surface area contributed by atoms with Crippen molar-refractivity contribution in [2.24, 2.45) is 9.98 Å². The highest BCUT2D eigenvalue weighted by Crippen LogP contribution is 2.14. The summed E-state index contributed by atoms with van der Waals surface area (Å²) in [5, 5.41) is 7.34. The van der Waals surface area contributed by atoms with Crippen LogP contribution in [0.15, 0.2) is 9.98 Å². The summed E-state index contributed by atoms with van der Waals surface area (Å²) in [6.07, 6.45) is 1.94. The summed E-state index contributed by atoms with van der Waals surface area (Å²) in [6.45, 7) is 19.4. The van der Waals surface area contributed by atoms with Gasteiger partial charge in [-0.3, -0.25) is 9.98 Å². The van der Waals surface area contributed by atoms with E-state index in [1.807, 2.05) is 0 Å². The first-order valence-electron chi connectivity index (χ1n) is 8.55. The Morgan fingerprint density at radius 1 is 0.955 bits per heavy atom. The SMILES string of the molecule is CC1=NCC(C)NC(C)(C)CC(C)=NC(C)CNC(C)(C)C1. The van der Waals surface area contributed by atoms with Gasteiger partial charge in [-0.2, -0.15) is 0 Å². The Morgan fingerprint density at radius 3 is 2.18 bits per heavy atom. The first kappa shape index (κ1) is 19.3. The highest BCUT2D eigenvalue weighted by atomic mass is 15.0. The van der Waals surface area contributed by atoms with Crippen LogP contribution in [0.2, 0.25) is 0 Å². The van der Waals surface area contributed by atoms with E-state index >= 15 is 0 Å². The Balaban J connectivity index is 2.93. The monoisotopic (exact) mass is 308 g/mol. The summed E-state index contributed by atoms with van der Waals surface area (Å²) >= 11 is 0. The number of nitrogens with zero attached hydrogens (tertiary/aromatic N) is 2. The predicted octanol–water partition coefficient (Wildman–Crippen LogP) is 3.22. The minimum Gasteiger partial charge on any atom is -0.309 e. The molecule has 2 unspecified atom stereocenters. The van der Waals surface area contributed by atoms with E-state index in [2.05, 4.69) is 66.0 Å². The van der Waals surface area contributed by atoms with Gasteiger partial charge >= 0.3 is 0 Å². The molecular formula is C18H36N4. The molecular weight excluding hydrogens is 272 g/mol. The van der Waals surface area contributed by atoms with Gasteiger partial charge in [-0.1, -0.05) is 0 Å². The maximum atomic E-state index is 4.85. The zero-order chi connectivity index (χ0) is 17.0. The van der Waals surface area contributed by atoms with Crippen molar-refractivity contribution in [2.45, 2.75) is 91.4 Å². The van der Waals surface area contributed by atoms with Crippen LogP contribution >= 0.6 is 0 Å². The third-order valence-corrected chi connectivity index (χ3v) is 3.98. The zero-order valence-corrected chi connectivity index (χ0v) is 15.9. The molecule has 0 fully saturated rings. The van der Waals surface area contributed by atoms with E-state index in [4.69, 9.17) is 9.98 Å². The van der Waals surface area contributed by atoms with Gasteiger partial charge in [0, 0.05) is 47.9 Å². The Hall–Kier alpha value is -0.740. The van der Waals surface area contributed by atoms with Crippen LogP contribution in [0.25, 0.3) is 0 Å². The number of nitrogens with one attached hydrogen (secondary N) is 2. The molecule has 0 aliphatic carbocycles. The Bertz CT molecular complexity index is 421. The van der Waals surface area contributed by atoms with Gasteiger partial charge in [-0.05, 0) is 55.4 Å². The van der Waals surface area contributed by atoms with Crippen LogP contribution in [0.3, 0.4) is 0 Å². The van der Waals surface area contributed by atoms with E-state index in [9.17, 15) is 0 Å². The van der Waals surface area contributed by atoms with Gasteiger partial charge in [0.2, 0.25) is 0 Å². The second kappa shape index (κ2) is 7.69. The number of aliphatic imine (C=N–C) groups is 2. The van der Waals surface area contributed by atoms with Crippen LogP contribution in [0.4, 0.5) is 0 Å². The summed E-state index contributed by atoms with van der Waals surface area (Å²) in [4.78, 5) is 9.63. The van der Waals surface area contributed by atoms with E-state index in [1.54, 1.807) is 0 Å². The molecule has 2 N–H and O–H groups in total. The number of rotatable bonds is 0. The lowest BCUT2D eigenvalue weighted by atomic mass is 9.95. The zero-order valence-electron chi connectivity index (χ0n) is 15.9. The Morgan fingerprint density at radius 2 is 1.55 bits per heavy atom. The maximum Gasteiger partial charge on any atom is 0.0595 e. The van der Waals surface area contributed by atoms with E-state index in [0.29, 0.717) is 12.1 Å². The molecule has 1 rings (SSSR count). The number of hydrogen-bond donors (Lipinski definition) is 2. The van der Waals surface area contributed by atoms with Crippen LogP contribution in [-0.2, 0) is 0 Å². The minimum atomic E-state index is 0.0486. The van der Waals surface area contributed by atoms with Crippen LogP contribution in [0.1, 0.15) is 68.2 Å². The van der Waals surface area contributed by atoms with E-state index < -0.39 is 0 Å². The van der Waals surface area contributed by atoms with Gasteiger partial charge in [0.05, 0.1) is 12.6 Å². The molecule has 0 radical (unpaired) electrons. The van der Waals surface area contributed by atoms with Crippen molar-refractivity contribution in [1.29, 1.82) is 0 Å². The number of hydrogen-bond acceptors (Lipinski definition) is 4. The van der Waals surface area contributed by atoms with Crippen molar-refractivity contribution in [3.05, 3.63) is 0 Å². The fourth-order valence-electron chi connectivity index (χ4n) is 3.35.